The van der Waals surface area contributed by atoms with E-state index in [2.05, 4.69) is 31.6 Å². The predicted molar refractivity (Wildman–Crippen MR) is 96.0 cm³/mol. The fourth-order valence-electron chi connectivity index (χ4n) is 2.42. The van der Waals surface area contributed by atoms with E-state index in [-0.39, 0.29) is 11.9 Å². The van der Waals surface area contributed by atoms with Crippen molar-refractivity contribution < 1.29 is 4.79 Å². The number of rotatable bonds is 5. The van der Waals surface area contributed by atoms with Crippen LogP contribution < -0.4 is 5.32 Å². The average molecular weight is 385 g/mol. The Morgan fingerprint density at radius 1 is 1.17 bits per heavy atom. The lowest BCUT2D eigenvalue weighted by molar-refractivity contribution is 0.0930. The van der Waals surface area contributed by atoms with E-state index in [1.807, 2.05) is 61.5 Å². The fourth-order valence-corrected chi connectivity index (χ4v) is 2.69. The molecule has 3 aromatic rings. The van der Waals surface area contributed by atoms with Gasteiger partial charge >= 0.3 is 0 Å². The summed E-state index contributed by atoms with van der Waals surface area (Å²) < 4.78 is 2.61. The van der Waals surface area contributed by atoms with Gasteiger partial charge in [-0.3, -0.25) is 4.79 Å². The lowest BCUT2D eigenvalue weighted by Crippen LogP contribution is -2.28. The molecular weight excluding hydrogens is 368 g/mol. The Kier molecular flexibility index (Phi) is 5.05. The third-order valence-electron chi connectivity index (χ3n) is 3.73. The van der Waals surface area contributed by atoms with Gasteiger partial charge in [-0.2, -0.15) is 0 Å². The molecule has 122 valence electrons. The highest BCUT2D eigenvalue weighted by atomic mass is 79.9. The smallest absolute Gasteiger partial charge is 0.273 e. The fraction of sp³-hybridized carbons (Fsp3) is 0.167. The Hall–Kier alpha value is -2.47. The maximum Gasteiger partial charge on any atom is 0.273 e. The molecule has 2 aromatic carbocycles. The molecule has 24 heavy (non-hydrogen) atoms. The van der Waals surface area contributed by atoms with E-state index in [9.17, 15) is 4.79 Å². The third kappa shape index (κ3) is 3.71. The monoisotopic (exact) mass is 384 g/mol. The van der Waals surface area contributed by atoms with Crippen LogP contribution in [0.15, 0.2) is 65.3 Å². The first-order valence-corrected chi connectivity index (χ1v) is 8.50. The van der Waals surface area contributed by atoms with Crippen LogP contribution in [0.5, 0.6) is 0 Å². The maximum absolute atomic E-state index is 12.5. The third-order valence-corrected chi connectivity index (χ3v) is 4.26. The Labute approximate surface area is 148 Å². The summed E-state index contributed by atoms with van der Waals surface area (Å²) in [6.45, 7) is 2.04. The molecule has 3 rings (SSSR count). The minimum absolute atomic E-state index is 0.0625. The van der Waals surface area contributed by atoms with Crippen molar-refractivity contribution >= 4 is 21.8 Å². The zero-order valence-electron chi connectivity index (χ0n) is 13.2. The normalized spacial score (nSPS) is 11.9. The molecule has 0 saturated carbocycles. The zero-order valence-corrected chi connectivity index (χ0v) is 14.8. The van der Waals surface area contributed by atoms with Crippen molar-refractivity contribution in [2.75, 3.05) is 0 Å². The molecule has 1 atom stereocenters. The summed E-state index contributed by atoms with van der Waals surface area (Å²) >= 11 is 3.42. The summed E-state index contributed by atoms with van der Waals surface area (Å²) in [6.07, 6.45) is 2.43. The van der Waals surface area contributed by atoms with Crippen molar-refractivity contribution in [3.63, 3.8) is 0 Å². The van der Waals surface area contributed by atoms with Crippen LogP contribution in [0.25, 0.3) is 5.69 Å². The number of para-hydroxylation sites is 1. The Morgan fingerprint density at radius 3 is 2.54 bits per heavy atom. The summed E-state index contributed by atoms with van der Waals surface area (Å²) in [5.41, 5.74) is 2.22. The standard InChI is InChI=1S/C18H17BrN4O/c1-2-16(13-8-10-14(19)11-9-13)20-18(24)17-12-23(22-21-17)15-6-4-3-5-7-15/h3-12,16H,2H2,1H3,(H,20,24). The molecule has 0 aliphatic rings. The highest BCUT2D eigenvalue weighted by molar-refractivity contribution is 9.10. The number of benzene rings is 2. The van der Waals surface area contributed by atoms with Gasteiger partial charge in [0.1, 0.15) is 0 Å². The van der Waals surface area contributed by atoms with E-state index < -0.39 is 0 Å². The van der Waals surface area contributed by atoms with Gasteiger partial charge in [0.25, 0.3) is 5.91 Å². The lowest BCUT2D eigenvalue weighted by Gasteiger charge is -2.16. The van der Waals surface area contributed by atoms with Crippen LogP contribution in [0.1, 0.15) is 35.4 Å². The number of hydrogen-bond acceptors (Lipinski definition) is 3. The maximum atomic E-state index is 12.5. The van der Waals surface area contributed by atoms with Gasteiger partial charge in [0.2, 0.25) is 0 Å². The molecule has 1 amide bonds. The van der Waals surface area contributed by atoms with Gasteiger partial charge < -0.3 is 5.32 Å². The second-order valence-electron chi connectivity index (χ2n) is 5.37. The largest absolute Gasteiger partial charge is 0.344 e. The Balaban J connectivity index is 1.74. The number of hydrogen-bond donors (Lipinski definition) is 1. The first-order valence-electron chi connectivity index (χ1n) is 7.71. The summed E-state index contributed by atoms with van der Waals surface area (Å²) in [4.78, 5) is 12.5. The highest BCUT2D eigenvalue weighted by Crippen LogP contribution is 2.20. The lowest BCUT2D eigenvalue weighted by atomic mass is 10.0. The van der Waals surface area contributed by atoms with Crippen LogP contribution in [0.3, 0.4) is 0 Å². The van der Waals surface area contributed by atoms with Crippen LogP contribution >= 0.6 is 15.9 Å². The van der Waals surface area contributed by atoms with E-state index in [0.717, 1.165) is 22.1 Å². The average Bonchev–Trinajstić information content (AvgIpc) is 3.11. The molecule has 0 aliphatic heterocycles. The van der Waals surface area contributed by atoms with Gasteiger partial charge in [-0.15, -0.1) is 5.10 Å². The summed E-state index contributed by atoms with van der Waals surface area (Å²) in [6, 6.07) is 17.4. The molecule has 1 aromatic heterocycles. The van der Waals surface area contributed by atoms with Gasteiger partial charge in [0.15, 0.2) is 5.69 Å². The van der Waals surface area contributed by atoms with Crippen molar-refractivity contribution in [1.82, 2.24) is 20.3 Å². The summed E-state index contributed by atoms with van der Waals surface area (Å²) in [5, 5.41) is 11.0. The van der Waals surface area contributed by atoms with Crippen molar-refractivity contribution in [3.05, 3.63) is 76.5 Å². The second-order valence-corrected chi connectivity index (χ2v) is 6.29. The minimum Gasteiger partial charge on any atom is -0.344 e. The molecular formula is C18H17BrN4O. The van der Waals surface area contributed by atoms with E-state index in [1.54, 1.807) is 10.9 Å². The van der Waals surface area contributed by atoms with Crippen molar-refractivity contribution in [2.24, 2.45) is 0 Å². The van der Waals surface area contributed by atoms with Crippen LogP contribution in [-0.2, 0) is 0 Å². The van der Waals surface area contributed by atoms with Crippen molar-refractivity contribution in [1.29, 1.82) is 0 Å². The number of carbonyl (C=O) groups is 1. The SMILES string of the molecule is CCC(NC(=O)c1cn(-c2ccccc2)nn1)c1ccc(Br)cc1. The topological polar surface area (TPSA) is 59.8 Å². The van der Waals surface area contributed by atoms with Crippen molar-refractivity contribution in [2.45, 2.75) is 19.4 Å². The molecule has 0 saturated heterocycles. The molecule has 1 N–H and O–H groups in total. The van der Waals surface area contributed by atoms with Crippen molar-refractivity contribution in [3.8, 4) is 5.69 Å². The molecule has 1 unspecified atom stereocenters. The highest BCUT2D eigenvalue weighted by Gasteiger charge is 2.17. The van der Waals surface area contributed by atoms with E-state index in [1.165, 1.54) is 0 Å². The second kappa shape index (κ2) is 7.40. The number of halogens is 1. The number of nitrogens with zero attached hydrogens (tertiary/aromatic N) is 3. The van der Waals surface area contributed by atoms with Gasteiger partial charge in [-0.25, -0.2) is 4.68 Å². The van der Waals surface area contributed by atoms with Gasteiger partial charge in [0, 0.05) is 4.47 Å². The predicted octanol–water partition coefficient (Wildman–Crippen LogP) is 3.91. The molecule has 0 aliphatic carbocycles. The molecule has 0 spiro atoms. The van der Waals surface area contributed by atoms with E-state index >= 15 is 0 Å². The number of amides is 1. The van der Waals surface area contributed by atoms with Gasteiger partial charge in [0.05, 0.1) is 17.9 Å². The van der Waals surface area contributed by atoms with Gasteiger partial charge in [-0.05, 0) is 36.2 Å². The Bertz CT molecular complexity index is 815. The molecule has 0 fully saturated rings. The number of carbonyl (C=O) groups excluding carboxylic acids is 1. The van der Waals surface area contributed by atoms with Crippen LogP contribution in [0.4, 0.5) is 0 Å². The van der Waals surface area contributed by atoms with E-state index in [0.29, 0.717) is 5.69 Å². The quantitative estimate of drug-likeness (QED) is 0.725. The van der Waals surface area contributed by atoms with Crippen LogP contribution in [0, 0.1) is 0 Å². The van der Waals surface area contributed by atoms with Gasteiger partial charge in [-0.1, -0.05) is 58.4 Å². The molecule has 6 heteroatoms. The molecule has 5 nitrogen and oxygen atoms in total. The Morgan fingerprint density at radius 2 is 1.88 bits per heavy atom. The van der Waals surface area contributed by atoms with Crippen LogP contribution in [-0.4, -0.2) is 20.9 Å². The molecule has 1 heterocycles. The first kappa shape index (κ1) is 16.4. The van der Waals surface area contributed by atoms with Crippen LogP contribution in [0.2, 0.25) is 0 Å². The number of aromatic nitrogens is 3. The van der Waals surface area contributed by atoms with E-state index in [4.69, 9.17) is 0 Å². The zero-order chi connectivity index (χ0) is 16.9. The molecule has 0 bridgehead atoms. The summed E-state index contributed by atoms with van der Waals surface area (Å²) in [7, 11) is 0. The first-order chi connectivity index (χ1) is 11.7. The molecule has 0 radical (unpaired) electrons. The summed E-state index contributed by atoms with van der Waals surface area (Å²) in [5.74, 6) is -0.230. The number of nitrogens with one attached hydrogen (secondary N) is 1. The minimum atomic E-state index is -0.230.